The summed E-state index contributed by atoms with van der Waals surface area (Å²) in [4.78, 5) is 55.7. The molecular weight excluding hydrogens is 392 g/mol. The highest BCUT2D eigenvalue weighted by Crippen LogP contribution is 2.16. The zero-order chi connectivity index (χ0) is 19.4. The highest BCUT2D eigenvalue weighted by Gasteiger charge is 2.18. The second-order valence-electron chi connectivity index (χ2n) is 5.19. The van der Waals surface area contributed by atoms with Gasteiger partial charge in [-0.05, 0) is 18.4 Å². The van der Waals surface area contributed by atoms with E-state index in [1.165, 1.54) is 16.7 Å². The van der Waals surface area contributed by atoms with Gasteiger partial charge in [0, 0.05) is 16.5 Å². The smallest absolute Gasteiger partial charge is 0.357 e. The first-order chi connectivity index (χ1) is 13.0. The van der Waals surface area contributed by atoms with Gasteiger partial charge in [-0.15, -0.1) is 22.7 Å². The van der Waals surface area contributed by atoms with E-state index < -0.39 is 23.1 Å². The normalized spacial score (nSPS) is 10.6. The number of thiophene rings is 1. The van der Waals surface area contributed by atoms with Gasteiger partial charge in [-0.1, -0.05) is 6.07 Å². The Hall–Kier alpha value is -3.05. The number of hydrogen-bond donors (Lipinski definition) is 2. The molecule has 27 heavy (non-hydrogen) atoms. The number of ether oxygens (including phenoxy) is 1. The standard InChI is InChI=1S/C16H14N4O5S2/c1-2-25-14(23)11-8-27-15(18-11)19-12(21)10-6-17-16(24)20(13(10)22)7-9-4-3-5-26-9/h3-6,8H,2,7H2,1H3,(H,17,24)(H,18,19,21). The summed E-state index contributed by atoms with van der Waals surface area (Å²) in [6, 6.07) is 3.59. The highest BCUT2D eigenvalue weighted by atomic mass is 32.1. The van der Waals surface area contributed by atoms with Crippen molar-refractivity contribution in [2.24, 2.45) is 0 Å². The lowest BCUT2D eigenvalue weighted by molar-refractivity contribution is 0.0520. The molecule has 0 unspecified atom stereocenters. The SMILES string of the molecule is CCOC(=O)c1csc(NC(=O)c2c[nH]c(=O)n(Cc3cccs3)c2=O)n1. The number of rotatable bonds is 6. The monoisotopic (exact) mass is 406 g/mol. The van der Waals surface area contributed by atoms with Crippen molar-refractivity contribution in [2.45, 2.75) is 13.5 Å². The summed E-state index contributed by atoms with van der Waals surface area (Å²) in [5.74, 6) is -1.34. The highest BCUT2D eigenvalue weighted by molar-refractivity contribution is 7.14. The number of carbonyl (C=O) groups excluding carboxylic acids is 2. The minimum atomic E-state index is -0.735. The summed E-state index contributed by atoms with van der Waals surface area (Å²) in [6.45, 7) is 1.95. The van der Waals surface area contributed by atoms with Gasteiger partial charge in [0.2, 0.25) is 0 Å². The van der Waals surface area contributed by atoms with Gasteiger partial charge in [-0.25, -0.2) is 14.6 Å². The molecule has 11 heteroatoms. The minimum Gasteiger partial charge on any atom is -0.461 e. The third-order valence-electron chi connectivity index (χ3n) is 3.41. The quantitative estimate of drug-likeness (QED) is 0.599. The third kappa shape index (κ3) is 4.20. The lowest BCUT2D eigenvalue weighted by Gasteiger charge is -2.06. The second kappa shape index (κ2) is 8.10. The number of amides is 1. The van der Waals surface area contributed by atoms with Crippen LogP contribution < -0.4 is 16.6 Å². The molecule has 9 nitrogen and oxygen atoms in total. The van der Waals surface area contributed by atoms with Crippen LogP contribution in [0.15, 0.2) is 38.7 Å². The molecule has 0 aliphatic carbocycles. The summed E-state index contributed by atoms with van der Waals surface area (Å²) in [7, 11) is 0. The topological polar surface area (TPSA) is 123 Å². The maximum Gasteiger partial charge on any atom is 0.357 e. The van der Waals surface area contributed by atoms with E-state index in [9.17, 15) is 19.2 Å². The van der Waals surface area contributed by atoms with Crippen molar-refractivity contribution >= 4 is 39.7 Å². The van der Waals surface area contributed by atoms with E-state index in [0.29, 0.717) is 0 Å². The van der Waals surface area contributed by atoms with Crippen LogP contribution in [-0.2, 0) is 11.3 Å². The number of anilines is 1. The molecule has 0 radical (unpaired) electrons. The summed E-state index contributed by atoms with van der Waals surface area (Å²) >= 11 is 2.42. The Morgan fingerprint density at radius 3 is 2.85 bits per heavy atom. The summed E-state index contributed by atoms with van der Waals surface area (Å²) in [5.41, 5.74) is -1.50. The Bertz CT molecular complexity index is 1080. The largest absolute Gasteiger partial charge is 0.461 e. The van der Waals surface area contributed by atoms with E-state index in [1.54, 1.807) is 19.1 Å². The second-order valence-corrected chi connectivity index (χ2v) is 7.08. The number of thiazole rings is 1. The van der Waals surface area contributed by atoms with Gasteiger partial charge in [0.25, 0.3) is 11.5 Å². The van der Waals surface area contributed by atoms with E-state index in [1.807, 2.05) is 5.38 Å². The minimum absolute atomic E-state index is 0.0636. The number of aromatic amines is 1. The Kier molecular flexibility index (Phi) is 5.62. The third-order valence-corrected chi connectivity index (χ3v) is 5.03. The molecule has 0 saturated heterocycles. The summed E-state index contributed by atoms with van der Waals surface area (Å²) in [5, 5.41) is 5.86. The van der Waals surface area contributed by atoms with Crippen LogP contribution in [0.5, 0.6) is 0 Å². The summed E-state index contributed by atoms with van der Waals surface area (Å²) < 4.78 is 5.78. The number of aromatic nitrogens is 3. The Balaban J connectivity index is 1.82. The molecule has 0 bridgehead atoms. The van der Waals surface area contributed by atoms with Crippen molar-refractivity contribution < 1.29 is 14.3 Å². The molecule has 0 spiro atoms. The van der Waals surface area contributed by atoms with Crippen LogP contribution >= 0.6 is 22.7 Å². The van der Waals surface area contributed by atoms with E-state index >= 15 is 0 Å². The molecule has 0 aromatic carbocycles. The lowest BCUT2D eigenvalue weighted by atomic mass is 10.3. The molecular formula is C16H14N4O5S2. The molecule has 0 aliphatic rings. The van der Waals surface area contributed by atoms with Gasteiger partial charge in [-0.2, -0.15) is 0 Å². The Labute approximate surface area is 160 Å². The van der Waals surface area contributed by atoms with Gasteiger partial charge in [0.05, 0.1) is 13.2 Å². The van der Waals surface area contributed by atoms with Gasteiger partial charge >= 0.3 is 11.7 Å². The van der Waals surface area contributed by atoms with Gasteiger partial charge in [-0.3, -0.25) is 19.5 Å². The molecule has 2 N–H and O–H groups in total. The van der Waals surface area contributed by atoms with Crippen LogP contribution in [0.1, 0.15) is 32.6 Å². The van der Waals surface area contributed by atoms with Crippen LogP contribution in [0.3, 0.4) is 0 Å². The van der Waals surface area contributed by atoms with Crippen molar-refractivity contribution in [3.63, 3.8) is 0 Å². The van der Waals surface area contributed by atoms with Gasteiger partial charge in [0.15, 0.2) is 10.8 Å². The maximum atomic E-state index is 12.5. The molecule has 0 fully saturated rings. The molecule has 3 rings (SSSR count). The maximum absolute atomic E-state index is 12.5. The zero-order valence-electron chi connectivity index (χ0n) is 14.1. The fourth-order valence-corrected chi connectivity index (χ4v) is 3.54. The van der Waals surface area contributed by atoms with Crippen molar-refractivity contribution in [3.8, 4) is 0 Å². The number of carbonyl (C=O) groups is 2. The van der Waals surface area contributed by atoms with E-state index in [-0.39, 0.29) is 29.5 Å². The average molecular weight is 406 g/mol. The lowest BCUT2D eigenvalue weighted by Crippen LogP contribution is -2.39. The Morgan fingerprint density at radius 1 is 1.33 bits per heavy atom. The van der Waals surface area contributed by atoms with Crippen LogP contribution in [0.2, 0.25) is 0 Å². The van der Waals surface area contributed by atoms with E-state index in [0.717, 1.165) is 27.0 Å². The molecule has 1 amide bonds. The van der Waals surface area contributed by atoms with Crippen molar-refractivity contribution in [1.82, 2.24) is 14.5 Å². The molecule has 0 saturated carbocycles. The molecule has 0 atom stereocenters. The molecule has 0 aliphatic heterocycles. The van der Waals surface area contributed by atoms with Crippen LogP contribution in [0, 0.1) is 0 Å². The number of nitrogens with one attached hydrogen (secondary N) is 2. The van der Waals surface area contributed by atoms with Crippen molar-refractivity contribution in [2.75, 3.05) is 11.9 Å². The van der Waals surface area contributed by atoms with Gasteiger partial charge < -0.3 is 9.72 Å². The van der Waals surface area contributed by atoms with Crippen molar-refractivity contribution in [3.05, 3.63) is 66.1 Å². The number of hydrogen-bond acceptors (Lipinski definition) is 8. The van der Waals surface area contributed by atoms with Crippen molar-refractivity contribution in [1.29, 1.82) is 0 Å². The first-order valence-corrected chi connectivity index (χ1v) is 9.54. The average Bonchev–Trinajstić information content (AvgIpc) is 3.30. The van der Waals surface area contributed by atoms with Crippen LogP contribution in [0.4, 0.5) is 5.13 Å². The number of esters is 1. The fraction of sp³-hybridized carbons (Fsp3) is 0.188. The predicted molar refractivity (Wildman–Crippen MR) is 101 cm³/mol. The van der Waals surface area contributed by atoms with Gasteiger partial charge in [0.1, 0.15) is 5.56 Å². The van der Waals surface area contributed by atoms with E-state index in [2.05, 4.69) is 15.3 Å². The zero-order valence-corrected chi connectivity index (χ0v) is 15.7. The first-order valence-electron chi connectivity index (χ1n) is 7.78. The van der Waals surface area contributed by atoms with E-state index in [4.69, 9.17) is 4.74 Å². The first kappa shape index (κ1) is 18.7. The van der Waals surface area contributed by atoms with Crippen LogP contribution in [-0.4, -0.2) is 33.0 Å². The van der Waals surface area contributed by atoms with Crippen LogP contribution in [0.25, 0.3) is 0 Å². The molecule has 3 aromatic rings. The number of nitrogens with zero attached hydrogens (tertiary/aromatic N) is 2. The molecule has 140 valence electrons. The number of H-pyrrole nitrogens is 1. The molecule has 3 heterocycles. The Morgan fingerprint density at radius 2 is 2.15 bits per heavy atom. The fourth-order valence-electron chi connectivity index (χ4n) is 2.17. The predicted octanol–water partition coefficient (Wildman–Crippen LogP) is 1.53. The summed E-state index contributed by atoms with van der Waals surface area (Å²) in [6.07, 6.45) is 1.06. The molecule has 3 aromatic heterocycles.